The molecule has 0 spiro atoms. The SMILES string of the molecule is CCCNC(Cc1ccccn1)c1cncnc1. The fourth-order valence-corrected chi connectivity index (χ4v) is 1.85. The van der Waals surface area contributed by atoms with Gasteiger partial charge in [-0.2, -0.15) is 0 Å². The molecule has 0 aliphatic rings. The van der Waals surface area contributed by atoms with E-state index in [-0.39, 0.29) is 6.04 Å². The van der Waals surface area contributed by atoms with Crippen molar-refractivity contribution in [3.8, 4) is 0 Å². The molecule has 1 unspecified atom stereocenters. The topological polar surface area (TPSA) is 50.7 Å². The van der Waals surface area contributed by atoms with Crippen molar-refractivity contribution in [2.24, 2.45) is 0 Å². The van der Waals surface area contributed by atoms with Crippen LogP contribution in [0, 0.1) is 0 Å². The fraction of sp³-hybridized carbons (Fsp3) is 0.357. The van der Waals surface area contributed by atoms with Crippen LogP contribution in [0.5, 0.6) is 0 Å². The van der Waals surface area contributed by atoms with E-state index < -0.39 is 0 Å². The average molecular weight is 242 g/mol. The first-order valence-electron chi connectivity index (χ1n) is 6.28. The summed E-state index contributed by atoms with van der Waals surface area (Å²) in [4.78, 5) is 12.5. The highest BCUT2D eigenvalue weighted by Crippen LogP contribution is 2.15. The standard InChI is InChI=1S/C14H18N4/c1-2-6-18-14(12-9-15-11-16-10-12)8-13-5-3-4-7-17-13/h3-5,7,9-11,14,18H,2,6,8H2,1H3. The molecular formula is C14H18N4. The lowest BCUT2D eigenvalue weighted by atomic mass is 10.0. The zero-order valence-electron chi connectivity index (χ0n) is 10.6. The van der Waals surface area contributed by atoms with Gasteiger partial charge in [-0.1, -0.05) is 13.0 Å². The van der Waals surface area contributed by atoms with E-state index in [0.29, 0.717) is 0 Å². The molecule has 0 radical (unpaired) electrons. The van der Waals surface area contributed by atoms with E-state index >= 15 is 0 Å². The van der Waals surface area contributed by atoms with E-state index in [4.69, 9.17) is 0 Å². The van der Waals surface area contributed by atoms with Crippen LogP contribution in [0.1, 0.15) is 30.6 Å². The molecule has 2 aromatic heterocycles. The lowest BCUT2D eigenvalue weighted by Crippen LogP contribution is -2.24. The molecule has 0 saturated heterocycles. The van der Waals surface area contributed by atoms with Crippen LogP contribution in [0.15, 0.2) is 43.1 Å². The molecule has 0 amide bonds. The third kappa shape index (κ3) is 3.60. The summed E-state index contributed by atoms with van der Waals surface area (Å²) in [5.74, 6) is 0. The Bertz CT molecular complexity index is 444. The summed E-state index contributed by atoms with van der Waals surface area (Å²) in [6.45, 7) is 3.14. The molecule has 4 nitrogen and oxygen atoms in total. The van der Waals surface area contributed by atoms with Gasteiger partial charge in [-0.3, -0.25) is 4.98 Å². The van der Waals surface area contributed by atoms with Gasteiger partial charge >= 0.3 is 0 Å². The lowest BCUT2D eigenvalue weighted by Gasteiger charge is -2.17. The second-order valence-electron chi connectivity index (χ2n) is 4.20. The van der Waals surface area contributed by atoms with Crippen LogP contribution in [-0.2, 0) is 6.42 Å². The van der Waals surface area contributed by atoms with E-state index in [9.17, 15) is 0 Å². The maximum atomic E-state index is 4.37. The minimum absolute atomic E-state index is 0.223. The molecule has 0 bridgehead atoms. The number of pyridine rings is 1. The summed E-state index contributed by atoms with van der Waals surface area (Å²) < 4.78 is 0. The third-order valence-electron chi connectivity index (χ3n) is 2.76. The Kier molecular flexibility index (Phi) is 4.78. The second kappa shape index (κ2) is 6.81. The maximum Gasteiger partial charge on any atom is 0.115 e. The van der Waals surface area contributed by atoms with Gasteiger partial charge in [0.2, 0.25) is 0 Å². The predicted molar refractivity (Wildman–Crippen MR) is 71.0 cm³/mol. The second-order valence-corrected chi connectivity index (χ2v) is 4.20. The van der Waals surface area contributed by atoms with Crippen LogP contribution in [0.4, 0.5) is 0 Å². The molecule has 1 N–H and O–H groups in total. The summed E-state index contributed by atoms with van der Waals surface area (Å²) >= 11 is 0. The van der Waals surface area contributed by atoms with Crippen molar-refractivity contribution in [1.29, 1.82) is 0 Å². The van der Waals surface area contributed by atoms with Crippen LogP contribution in [0.25, 0.3) is 0 Å². The molecule has 0 fully saturated rings. The third-order valence-corrected chi connectivity index (χ3v) is 2.76. The van der Waals surface area contributed by atoms with Gasteiger partial charge in [0.25, 0.3) is 0 Å². The number of nitrogens with zero attached hydrogens (tertiary/aromatic N) is 3. The quantitative estimate of drug-likeness (QED) is 0.843. The van der Waals surface area contributed by atoms with Crippen LogP contribution < -0.4 is 5.32 Å². The molecule has 94 valence electrons. The first-order valence-corrected chi connectivity index (χ1v) is 6.28. The Hall–Kier alpha value is -1.81. The fourth-order valence-electron chi connectivity index (χ4n) is 1.85. The van der Waals surface area contributed by atoms with E-state index in [1.165, 1.54) is 0 Å². The molecule has 0 aliphatic heterocycles. The minimum Gasteiger partial charge on any atom is -0.310 e. The Balaban J connectivity index is 2.10. The van der Waals surface area contributed by atoms with Gasteiger partial charge in [0.1, 0.15) is 6.33 Å². The minimum atomic E-state index is 0.223. The highest BCUT2D eigenvalue weighted by Gasteiger charge is 2.12. The first-order chi connectivity index (χ1) is 8.90. The van der Waals surface area contributed by atoms with E-state index in [2.05, 4.69) is 27.2 Å². The normalized spacial score (nSPS) is 12.3. The zero-order valence-corrected chi connectivity index (χ0v) is 10.6. The molecule has 2 heterocycles. The average Bonchev–Trinajstić information content (AvgIpc) is 2.45. The van der Waals surface area contributed by atoms with Gasteiger partial charge in [0, 0.05) is 42.3 Å². The van der Waals surface area contributed by atoms with Gasteiger partial charge in [0.05, 0.1) is 0 Å². The predicted octanol–water partition coefficient (Wildman–Crippen LogP) is 2.16. The molecule has 4 heteroatoms. The molecule has 1 atom stereocenters. The van der Waals surface area contributed by atoms with E-state index in [1.54, 1.807) is 6.33 Å². The monoisotopic (exact) mass is 242 g/mol. The van der Waals surface area contributed by atoms with Gasteiger partial charge < -0.3 is 5.32 Å². The van der Waals surface area contributed by atoms with Crippen molar-refractivity contribution in [2.45, 2.75) is 25.8 Å². The Morgan fingerprint density at radius 2 is 2.06 bits per heavy atom. The van der Waals surface area contributed by atoms with Gasteiger partial charge in [-0.15, -0.1) is 0 Å². The van der Waals surface area contributed by atoms with Crippen molar-refractivity contribution < 1.29 is 0 Å². The lowest BCUT2D eigenvalue weighted by molar-refractivity contribution is 0.521. The molecule has 2 aromatic rings. The number of aromatic nitrogens is 3. The number of hydrogen-bond acceptors (Lipinski definition) is 4. The van der Waals surface area contributed by atoms with E-state index in [0.717, 1.165) is 30.6 Å². The molecule has 18 heavy (non-hydrogen) atoms. The first kappa shape index (κ1) is 12.6. The zero-order chi connectivity index (χ0) is 12.6. The smallest absolute Gasteiger partial charge is 0.115 e. The van der Waals surface area contributed by atoms with E-state index in [1.807, 2.05) is 36.8 Å². The molecule has 0 saturated carbocycles. The summed E-state index contributed by atoms with van der Waals surface area (Å²) in [5, 5.41) is 3.51. The van der Waals surface area contributed by atoms with Crippen LogP contribution in [-0.4, -0.2) is 21.5 Å². The number of rotatable bonds is 6. The number of hydrogen-bond donors (Lipinski definition) is 1. The summed E-state index contributed by atoms with van der Waals surface area (Å²) in [6, 6.07) is 6.22. The van der Waals surface area contributed by atoms with Gasteiger partial charge in [-0.25, -0.2) is 9.97 Å². The summed E-state index contributed by atoms with van der Waals surface area (Å²) in [5.41, 5.74) is 2.19. The summed E-state index contributed by atoms with van der Waals surface area (Å²) in [7, 11) is 0. The molecular weight excluding hydrogens is 224 g/mol. The highest BCUT2D eigenvalue weighted by atomic mass is 14.9. The van der Waals surface area contributed by atoms with Crippen molar-refractivity contribution >= 4 is 0 Å². The Morgan fingerprint density at radius 3 is 2.72 bits per heavy atom. The van der Waals surface area contributed by atoms with Crippen LogP contribution in [0.2, 0.25) is 0 Å². The Labute approximate surface area is 108 Å². The van der Waals surface area contributed by atoms with Gasteiger partial charge in [-0.05, 0) is 25.1 Å². The maximum absolute atomic E-state index is 4.37. The van der Waals surface area contributed by atoms with Crippen molar-refractivity contribution in [2.75, 3.05) is 6.54 Å². The molecule has 2 rings (SSSR count). The van der Waals surface area contributed by atoms with Gasteiger partial charge in [0.15, 0.2) is 0 Å². The molecule has 0 aliphatic carbocycles. The highest BCUT2D eigenvalue weighted by molar-refractivity contribution is 5.14. The van der Waals surface area contributed by atoms with Crippen molar-refractivity contribution in [3.63, 3.8) is 0 Å². The van der Waals surface area contributed by atoms with Crippen molar-refractivity contribution in [3.05, 3.63) is 54.4 Å². The molecule has 0 aromatic carbocycles. The largest absolute Gasteiger partial charge is 0.310 e. The van der Waals surface area contributed by atoms with Crippen LogP contribution in [0.3, 0.4) is 0 Å². The van der Waals surface area contributed by atoms with Crippen molar-refractivity contribution in [1.82, 2.24) is 20.3 Å². The number of nitrogens with one attached hydrogen (secondary N) is 1. The summed E-state index contributed by atoms with van der Waals surface area (Å²) in [6.07, 6.45) is 9.07. The van der Waals surface area contributed by atoms with Crippen LogP contribution >= 0.6 is 0 Å². The Morgan fingerprint density at radius 1 is 1.22 bits per heavy atom.